The molecule has 3 rings (SSSR count). The number of ketones is 1. The summed E-state index contributed by atoms with van der Waals surface area (Å²) in [5, 5.41) is 9.51. The number of rotatable bonds is 2. The number of piperidine rings is 1. The Hall–Kier alpha value is -1.64. The zero-order chi connectivity index (χ0) is 16.6. The van der Waals surface area contributed by atoms with Gasteiger partial charge in [0, 0.05) is 36.7 Å². The lowest BCUT2D eigenvalue weighted by Gasteiger charge is -2.41. The summed E-state index contributed by atoms with van der Waals surface area (Å²) in [5.41, 5.74) is 2.95. The molecule has 1 aliphatic carbocycles. The van der Waals surface area contributed by atoms with E-state index in [0.29, 0.717) is 6.42 Å². The second kappa shape index (κ2) is 6.10. The number of ether oxygens (including phenoxy) is 1. The van der Waals surface area contributed by atoms with Gasteiger partial charge in [-0.2, -0.15) is 5.26 Å². The number of nitriles is 1. The maximum absolute atomic E-state index is 12.4. The fraction of sp³-hybridized carbons (Fsp3) is 0.444. The van der Waals surface area contributed by atoms with Gasteiger partial charge in [0.2, 0.25) is 0 Å². The van der Waals surface area contributed by atoms with Gasteiger partial charge in [-0.1, -0.05) is 22.0 Å². The molecule has 0 atom stereocenters. The van der Waals surface area contributed by atoms with E-state index in [-0.39, 0.29) is 17.0 Å². The minimum Gasteiger partial charge on any atom is -0.378 e. The molecule has 0 bridgehead atoms. The largest absolute Gasteiger partial charge is 0.378 e. The van der Waals surface area contributed by atoms with Gasteiger partial charge in [0.25, 0.3) is 0 Å². The molecule has 2 aliphatic rings. The molecule has 5 heteroatoms. The summed E-state index contributed by atoms with van der Waals surface area (Å²) in [4.78, 5) is 14.5. The summed E-state index contributed by atoms with van der Waals surface area (Å²) in [7, 11) is 1.74. The van der Waals surface area contributed by atoms with Crippen molar-refractivity contribution in [2.24, 2.45) is 0 Å². The predicted molar refractivity (Wildman–Crippen MR) is 91.6 cm³/mol. The van der Waals surface area contributed by atoms with Crippen LogP contribution in [0.5, 0.6) is 0 Å². The van der Waals surface area contributed by atoms with Gasteiger partial charge < -0.3 is 9.64 Å². The highest BCUT2D eigenvalue weighted by atomic mass is 79.9. The fourth-order valence-electron chi connectivity index (χ4n) is 3.30. The average molecular weight is 375 g/mol. The van der Waals surface area contributed by atoms with Gasteiger partial charge in [-0.05, 0) is 37.5 Å². The number of likely N-dealkylation sites (tertiary alicyclic amines) is 1. The summed E-state index contributed by atoms with van der Waals surface area (Å²) in [6, 6.07) is 8.06. The summed E-state index contributed by atoms with van der Waals surface area (Å²) in [5.74, 6) is -0.0857. The Bertz CT molecular complexity index is 725. The van der Waals surface area contributed by atoms with Gasteiger partial charge in [0.05, 0.1) is 11.3 Å². The number of Topliss-reactive ketones (excluding diaryl/α,β-unsaturated/α-hetero) is 1. The van der Waals surface area contributed by atoms with Crippen LogP contribution in [-0.2, 0) is 16.0 Å². The number of methoxy groups -OCH3 is 1. The van der Waals surface area contributed by atoms with E-state index in [0.717, 1.165) is 47.2 Å². The number of fused-ring (bicyclic) bond motifs is 1. The molecule has 1 saturated heterocycles. The Morgan fingerprint density at radius 2 is 2.04 bits per heavy atom. The fourth-order valence-corrected chi connectivity index (χ4v) is 3.66. The molecule has 1 aliphatic heterocycles. The third-order valence-corrected chi connectivity index (χ3v) is 5.43. The predicted octanol–water partition coefficient (Wildman–Crippen LogP) is 3.31. The van der Waals surface area contributed by atoms with Gasteiger partial charge in [0.15, 0.2) is 5.78 Å². The van der Waals surface area contributed by atoms with E-state index < -0.39 is 0 Å². The van der Waals surface area contributed by atoms with Crippen LogP contribution in [0.1, 0.15) is 30.9 Å². The van der Waals surface area contributed by atoms with Crippen molar-refractivity contribution >= 4 is 27.4 Å². The molecule has 1 aromatic rings. The number of hydrogen-bond acceptors (Lipinski definition) is 4. The third-order valence-electron chi connectivity index (χ3n) is 4.94. The summed E-state index contributed by atoms with van der Waals surface area (Å²) in [6.45, 7) is 3.68. The maximum Gasteiger partial charge on any atom is 0.179 e. The Balaban J connectivity index is 2.03. The van der Waals surface area contributed by atoms with Crippen LogP contribution in [0.2, 0.25) is 0 Å². The number of benzene rings is 1. The van der Waals surface area contributed by atoms with E-state index in [1.165, 1.54) is 0 Å². The van der Waals surface area contributed by atoms with E-state index in [4.69, 9.17) is 4.74 Å². The standard InChI is InChI=1S/C18H19BrN2O2/c1-18(23-2)5-7-21(8-6-18)17-14-10-13(19)4-3-12(14)9-16(22)15(17)11-20/h3-4,10H,5-9H2,1-2H3. The van der Waals surface area contributed by atoms with Crippen molar-refractivity contribution in [3.05, 3.63) is 39.4 Å². The first-order valence-corrected chi connectivity index (χ1v) is 8.53. The Morgan fingerprint density at radius 3 is 2.65 bits per heavy atom. The van der Waals surface area contributed by atoms with Crippen LogP contribution in [0.3, 0.4) is 0 Å². The van der Waals surface area contributed by atoms with Gasteiger partial charge in [-0.3, -0.25) is 4.79 Å². The highest BCUT2D eigenvalue weighted by Crippen LogP contribution is 2.37. The van der Waals surface area contributed by atoms with Crippen molar-refractivity contribution in [2.45, 2.75) is 31.8 Å². The van der Waals surface area contributed by atoms with Gasteiger partial charge >= 0.3 is 0 Å². The van der Waals surface area contributed by atoms with Gasteiger partial charge in [0.1, 0.15) is 11.6 Å². The molecular formula is C18H19BrN2O2. The molecule has 23 heavy (non-hydrogen) atoms. The van der Waals surface area contributed by atoms with Crippen LogP contribution in [0.4, 0.5) is 0 Å². The molecule has 0 unspecified atom stereocenters. The Morgan fingerprint density at radius 1 is 1.35 bits per heavy atom. The molecule has 120 valence electrons. The molecule has 1 fully saturated rings. The lowest BCUT2D eigenvalue weighted by Crippen LogP contribution is -2.43. The maximum atomic E-state index is 12.4. The zero-order valence-corrected chi connectivity index (χ0v) is 14.9. The van der Waals surface area contributed by atoms with Crippen LogP contribution < -0.4 is 0 Å². The Kier molecular flexibility index (Phi) is 4.31. The SMILES string of the molecule is COC1(C)CCN(C2=C(C#N)C(=O)Cc3ccc(Br)cc32)CC1. The molecule has 0 amide bonds. The minimum atomic E-state index is -0.122. The first kappa shape index (κ1) is 16.2. The smallest absolute Gasteiger partial charge is 0.179 e. The van der Waals surface area contributed by atoms with Crippen molar-refractivity contribution in [3.63, 3.8) is 0 Å². The second-order valence-electron chi connectivity index (χ2n) is 6.38. The number of allylic oxidation sites excluding steroid dienone is 1. The van der Waals surface area contributed by atoms with Crippen molar-refractivity contribution in [2.75, 3.05) is 20.2 Å². The van der Waals surface area contributed by atoms with Crippen LogP contribution in [0.15, 0.2) is 28.2 Å². The van der Waals surface area contributed by atoms with E-state index in [2.05, 4.69) is 33.8 Å². The highest BCUT2D eigenvalue weighted by molar-refractivity contribution is 9.10. The molecule has 0 N–H and O–H groups in total. The summed E-state index contributed by atoms with van der Waals surface area (Å²) < 4.78 is 6.55. The molecular weight excluding hydrogens is 356 g/mol. The summed E-state index contributed by atoms with van der Waals surface area (Å²) >= 11 is 3.50. The average Bonchev–Trinajstić information content (AvgIpc) is 2.55. The third kappa shape index (κ3) is 2.93. The zero-order valence-electron chi connectivity index (χ0n) is 13.4. The van der Waals surface area contributed by atoms with Crippen LogP contribution in [0.25, 0.3) is 5.70 Å². The van der Waals surface area contributed by atoms with Crippen LogP contribution in [-0.4, -0.2) is 36.5 Å². The molecule has 4 nitrogen and oxygen atoms in total. The number of nitrogens with zero attached hydrogens (tertiary/aromatic N) is 2. The van der Waals surface area contributed by atoms with Crippen LogP contribution in [0, 0.1) is 11.3 Å². The molecule has 0 saturated carbocycles. The van der Waals surface area contributed by atoms with E-state index in [9.17, 15) is 10.1 Å². The topological polar surface area (TPSA) is 53.3 Å². The van der Waals surface area contributed by atoms with Crippen LogP contribution >= 0.6 is 15.9 Å². The van der Waals surface area contributed by atoms with Crippen molar-refractivity contribution < 1.29 is 9.53 Å². The minimum absolute atomic E-state index is 0.0857. The first-order chi connectivity index (χ1) is 11.0. The molecule has 0 spiro atoms. The quantitative estimate of drug-likeness (QED) is 0.796. The second-order valence-corrected chi connectivity index (χ2v) is 7.29. The van der Waals surface area contributed by atoms with Gasteiger partial charge in [-0.15, -0.1) is 0 Å². The van der Waals surface area contributed by atoms with E-state index >= 15 is 0 Å². The number of carbonyl (C=O) groups is 1. The van der Waals surface area contributed by atoms with Crippen molar-refractivity contribution in [3.8, 4) is 6.07 Å². The lowest BCUT2D eigenvalue weighted by atomic mass is 9.86. The van der Waals surface area contributed by atoms with Crippen molar-refractivity contribution in [1.29, 1.82) is 5.26 Å². The first-order valence-electron chi connectivity index (χ1n) is 7.74. The molecule has 1 heterocycles. The summed E-state index contributed by atoms with van der Waals surface area (Å²) in [6.07, 6.45) is 2.06. The van der Waals surface area contributed by atoms with Crippen molar-refractivity contribution in [1.82, 2.24) is 4.90 Å². The monoisotopic (exact) mass is 374 g/mol. The van der Waals surface area contributed by atoms with Gasteiger partial charge in [-0.25, -0.2) is 0 Å². The molecule has 1 aromatic carbocycles. The molecule has 0 aromatic heterocycles. The number of carbonyl (C=O) groups excluding carboxylic acids is 1. The van der Waals surface area contributed by atoms with E-state index in [1.807, 2.05) is 18.2 Å². The van der Waals surface area contributed by atoms with E-state index in [1.54, 1.807) is 7.11 Å². The highest BCUT2D eigenvalue weighted by Gasteiger charge is 2.35. The lowest BCUT2D eigenvalue weighted by molar-refractivity contribution is -0.114. The number of hydrogen-bond donors (Lipinski definition) is 0. The number of halogens is 1. The molecule has 0 radical (unpaired) electrons. The Labute approximate surface area is 144 Å². The normalized spacial score (nSPS) is 20.3.